The van der Waals surface area contributed by atoms with E-state index < -0.39 is 11.7 Å². The second kappa shape index (κ2) is 7.47. The SMILES string of the molecule is [2H][CH-]N(Cc1ccc(OC)cc1)C(=O)OC(C)(C)C.[Li+]. The van der Waals surface area contributed by atoms with E-state index in [0.29, 0.717) is 6.54 Å². The van der Waals surface area contributed by atoms with Crippen LogP contribution in [0.15, 0.2) is 24.3 Å². The van der Waals surface area contributed by atoms with Crippen molar-refractivity contribution in [1.82, 2.24) is 4.90 Å². The first-order valence-corrected chi connectivity index (χ1v) is 5.70. The van der Waals surface area contributed by atoms with Crippen LogP contribution >= 0.6 is 0 Å². The molecule has 0 saturated heterocycles. The van der Waals surface area contributed by atoms with Gasteiger partial charge in [-0.05, 0) is 38.5 Å². The second-order valence-electron chi connectivity index (χ2n) is 4.96. The summed E-state index contributed by atoms with van der Waals surface area (Å²) < 4.78 is 17.6. The van der Waals surface area contributed by atoms with Crippen molar-refractivity contribution in [1.29, 1.82) is 0 Å². The van der Waals surface area contributed by atoms with E-state index in [-0.39, 0.29) is 18.9 Å². The average Bonchev–Trinajstić information content (AvgIpc) is 2.34. The Hall–Kier alpha value is -1.11. The van der Waals surface area contributed by atoms with E-state index in [1.165, 1.54) is 4.90 Å². The summed E-state index contributed by atoms with van der Waals surface area (Å²) in [6.45, 7) is 5.67. The number of hydrogen-bond donors (Lipinski definition) is 0. The minimum atomic E-state index is -0.571. The average molecular weight is 258 g/mol. The van der Waals surface area contributed by atoms with Crippen LogP contribution in [0.2, 0.25) is 0 Å². The molecule has 1 aromatic carbocycles. The molecular formula is C14H20LiNO3. The van der Waals surface area contributed by atoms with Crippen molar-refractivity contribution in [3.8, 4) is 5.75 Å². The largest absolute Gasteiger partial charge is 1.00 e. The van der Waals surface area contributed by atoms with E-state index in [1.54, 1.807) is 27.9 Å². The van der Waals surface area contributed by atoms with E-state index in [0.717, 1.165) is 18.3 Å². The van der Waals surface area contributed by atoms with Crippen molar-refractivity contribution in [2.75, 3.05) is 7.11 Å². The number of carbonyl (C=O) groups is 1. The van der Waals surface area contributed by atoms with Gasteiger partial charge in [-0.2, -0.15) is 1.37 Å². The topological polar surface area (TPSA) is 38.8 Å². The minimum Gasteiger partial charge on any atom is -0.497 e. The Kier molecular flexibility index (Phi) is 6.27. The Labute approximate surface area is 128 Å². The second-order valence-corrected chi connectivity index (χ2v) is 4.96. The van der Waals surface area contributed by atoms with Gasteiger partial charge in [0.25, 0.3) is 0 Å². The van der Waals surface area contributed by atoms with Crippen molar-refractivity contribution >= 4 is 6.09 Å². The van der Waals surface area contributed by atoms with Gasteiger partial charge < -0.3 is 14.4 Å². The fourth-order valence-electron chi connectivity index (χ4n) is 1.31. The summed E-state index contributed by atoms with van der Waals surface area (Å²) in [4.78, 5) is 13.1. The number of rotatable bonds is 4. The van der Waals surface area contributed by atoms with Gasteiger partial charge >= 0.3 is 25.0 Å². The fourth-order valence-corrected chi connectivity index (χ4v) is 1.31. The van der Waals surface area contributed by atoms with E-state index >= 15 is 0 Å². The van der Waals surface area contributed by atoms with Crippen LogP contribution in [0, 0.1) is 7.02 Å². The van der Waals surface area contributed by atoms with Crippen LogP contribution in [-0.2, 0) is 11.3 Å². The number of carbonyl (C=O) groups excluding carboxylic acids is 1. The van der Waals surface area contributed by atoms with Gasteiger partial charge in [0.15, 0.2) is 0 Å². The van der Waals surface area contributed by atoms with Crippen LogP contribution in [-0.4, -0.2) is 23.7 Å². The minimum absolute atomic E-state index is 0. The quantitative estimate of drug-likeness (QED) is 0.573. The van der Waals surface area contributed by atoms with E-state index in [4.69, 9.17) is 10.8 Å². The smallest absolute Gasteiger partial charge is 0.497 e. The van der Waals surface area contributed by atoms with Gasteiger partial charge in [-0.25, -0.2) is 11.8 Å². The Balaban J connectivity index is 0.00000361. The molecule has 0 aromatic heterocycles. The standard InChI is InChI=1S/C14H20NO3.Li/c1-14(2,3)18-13(16)15(4)10-11-6-8-12(17-5)9-7-11;/h6-9H,4,10H2,1-3,5H3;/q-1;+1/i4D;. The molecule has 4 nitrogen and oxygen atoms in total. The fraction of sp³-hybridized carbons (Fsp3) is 0.429. The maximum Gasteiger partial charge on any atom is 1.00 e. The normalized spacial score (nSPS) is 11.1. The molecule has 0 aliphatic rings. The van der Waals surface area contributed by atoms with E-state index in [1.807, 2.05) is 24.3 Å². The third-order valence-corrected chi connectivity index (χ3v) is 2.14. The Morgan fingerprint density at radius 2 is 1.95 bits per heavy atom. The van der Waals surface area contributed by atoms with Crippen molar-refractivity contribution in [2.24, 2.45) is 0 Å². The van der Waals surface area contributed by atoms with Crippen molar-refractivity contribution < 1.29 is 34.5 Å². The van der Waals surface area contributed by atoms with Gasteiger partial charge in [0, 0.05) is 6.54 Å². The van der Waals surface area contributed by atoms with Crippen LogP contribution in [0.25, 0.3) is 0 Å². The van der Waals surface area contributed by atoms with Crippen LogP contribution < -0.4 is 23.6 Å². The molecule has 0 heterocycles. The van der Waals surface area contributed by atoms with Crippen LogP contribution in [0.3, 0.4) is 0 Å². The van der Waals surface area contributed by atoms with Crippen molar-refractivity contribution in [3.05, 3.63) is 36.9 Å². The van der Waals surface area contributed by atoms with Crippen LogP contribution in [0.4, 0.5) is 4.79 Å². The molecule has 0 fully saturated rings. The zero-order valence-electron chi connectivity index (χ0n) is 13.3. The third-order valence-electron chi connectivity index (χ3n) is 2.14. The zero-order valence-corrected chi connectivity index (χ0v) is 12.3. The van der Waals surface area contributed by atoms with Crippen LogP contribution in [0.1, 0.15) is 27.7 Å². The summed E-state index contributed by atoms with van der Waals surface area (Å²) >= 11 is 0. The van der Waals surface area contributed by atoms with Gasteiger partial charge in [0.05, 0.1) is 7.11 Å². The number of amides is 1. The molecule has 5 heteroatoms. The summed E-state index contributed by atoms with van der Waals surface area (Å²) in [5.41, 5.74) is 0.327. The molecule has 0 spiro atoms. The van der Waals surface area contributed by atoms with Gasteiger partial charge in [0.2, 0.25) is 0 Å². The molecule has 0 atom stereocenters. The molecular weight excluding hydrogens is 237 g/mol. The first-order valence-electron chi connectivity index (χ1n) is 6.28. The van der Waals surface area contributed by atoms with E-state index in [2.05, 4.69) is 0 Å². The molecule has 0 saturated carbocycles. The number of methoxy groups -OCH3 is 1. The third kappa shape index (κ3) is 6.56. The maximum absolute atomic E-state index is 11.8. The van der Waals surface area contributed by atoms with E-state index in [9.17, 15) is 4.79 Å². The van der Waals surface area contributed by atoms with Crippen molar-refractivity contribution in [2.45, 2.75) is 32.9 Å². The molecule has 0 bridgehead atoms. The molecule has 0 N–H and O–H groups in total. The number of nitrogens with zero attached hydrogens (tertiary/aromatic N) is 1. The molecule has 100 valence electrons. The summed E-state index contributed by atoms with van der Waals surface area (Å²) in [6.07, 6.45) is -0.529. The van der Waals surface area contributed by atoms with Gasteiger partial charge in [-0.1, -0.05) is 12.1 Å². The van der Waals surface area contributed by atoms with Gasteiger partial charge in [0.1, 0.15) is 11.4 Å². The molecule has 0 aliphatic heterocycles. The molecule has 1 aromatic rings. The predicted molar refractivity (Wildman–Crippen MR) is 70.1 cm³/mol. The van der Waals surface area contributed by atoms with Crippen LogP contribution in [0.5, 0.6) is 5.75 Å². The monoisotopic (exact) mass is 258 g/mol. The summed E-state index contributed by atoms with van der Waals surface area (Å²) in [7, 11) is 2.57. The number of ether oxygens (including phenoxy) is 2. The Morgan fingerprint density at radius 1 is 1.37 bits per heavy atom. The summed E-state index contributed by atoms with van der Waals surface area (Å²) in [5, 5.41) is 0. The molecule has 0 aliphatic carbocycles. The molecule has 0 radical (unpaired) electrons. The Bertz CT molecular complexity index is 417. The van der Waals surface area contributed by atoms with Gasteiger partial charge in [-0.15, -0.1) is 0 Å². The molecule has 1 amide bonds. The maximum atomic E-state index is 11.8. The molecule has 19 heavy (non-hydrogen) atoms. The number of benzene rings is 1. The first kappa shape index (κ1) is 15.9. The number of hydrogen-bond acceptors (Lipinski definition) is 3. The molecule has 1 rings (SSSR count). The summed E-state index contributed by atoms with van der Waals surface area (Å²) in [6, 6.07) is 7.32. The zero-order chi connectivity index (χ0) is 14.5. The first-order chi connectivity index (χ1) is 8.85. The van der Waals surface area contributed by atoms with Gasteiger partial charge in [-0.3, -0.25) is 0 Å². The summed E-state index contributed by atoms with van der Waals surface area (Å²) in [5.74, 6) is 0.752. The Morgan fingerprint density at radius 3 is 2.37 bits per heavy atom. The molecule has 0 unspecified atom stereocenters. The van der Waals surface area contributed by atoms with Crippen molar-refractivity contribution in [3.63, 3.8) is 0 Å². The predicted octanol–water partition coefficient (Wildman–Crippen LogP) is 0.228.